The lowest BCUT2D eigenvalue weighted by Gasteiger charge is -2.04. The molecule has 0 heterocycles. The molecule has 0 saturated carbocycles. The molecule has 5 nitrogen and oxygen atoms in total. The number of azo groups is 1. The van der Waals surface area contributed by atoms with Gasteiger partial charge in [-0.25, -0.2) is 0 Å². The zero-order chi connectivity index (χ0) is 14.2. The van der Waals surface area contributed by atoms with Crippen molar-refractivity contribution in [3.8, 4) is 5.75 Å². The van der Waals surface area contributed by atoms with Crippen LogP contribution in [0.2, 0.25) is 0 Å². The molecule has 104 valence electrons. The summed E-state index contributed by atoms with van der Waals surface area (Å²) in [5.74, 6) is 0.721. The maximum absolute atomic E-state index is 11.8. The molecule has 0 saturated heterocycles. The number of hydrogen-bond donors (Lipinski definition) is 0. The van der Waals surface area contributed by atoms with Crippen molar-refractivity contribution < 1.29 is 14.3 Å². The number of benzene rings is 2. The van der Waals surface area contributed by atoms with Crippen molar-refractivity contribution >= 4 is 11.4 Å². The van der Waals surface area contributed by atoms with E-state index in [9.17, 15) is 5.21 Å². The van der Waals surface area contributed by atoms with Crippen LogP contribution in [0.4, 0.5) is 11.4 Å². The van der Waals surface area contributed by atoms with Crippen molar-refractivity contribution in [1.29, 1.82) is 0 Å². The summed E-state index contributed by atoms with van der Waals surface area (Å²) in [5.41, 5.74) is 1.07. The Morgan fingerprint density at radius 3 is 2.35 bits per heavy atom. The van der Waals surface area contributed by atoms with Gasteiger partial charge in [0.25, 0.3) is 0 Å². The minimum atomic E-state index is 0.491. The lowest BCUT2D eigenvalue weighted by molar-refractivity contribution is -0.435. The highest BCUT2D eigenvalue weighted by molar-refractivity contribution is 5.40. The first-order valence-corrected chi connectivity index (χ1v) is 6.25. The van der Waals surface area contributed by atoms with Crippen LogP contribution in [0.15, 0.2) is 59.7 Å². The highest BCUT2D eigenvalue weighted by Gasteiger charge is 2.02. The van der Waals surface area contributed by atoms with E-state index in [1.807, 2.05) is 6.07 Å². The molecule has 0 fully saturated rings. The molecule has 0 bridgehead atoms. The van der Waals surface area contributed by atoms with Crippen LogP contribution in [-0.4, -0.2) is 25.2 Å². The Labute approximate surface area is 117 Å². The maximum Gasteiger partial charge on any atom is 0.244 e. The predicted octanol–water partition coefficient (Wildman–Crippen LogP) is 3.64. The first kappa shape index (κ1) is 14.0. The van der Waals surface area contributed by atoms with Crippen molar-refractivity contribution in [3.63, 3.8) is 0 Å². The van der Waals surface area contributed by atoms with Crippen LogP contribution in [0, 0.1) is 5.21 Å². The molecule has 0 N–H and O–H groups in total. The summed E-state index contributed by atoms with van der Waals surface area (Å²) in [5, 5.41) is 15.8. The second-order valence-electron chi connectivity index (χ2n) is 4.04. The number of ether oxygens (including phenoxy) is 2. The molecule has 0 atom stereocenters. The van der Waals surface area contributed by atoms with Gasteiger partial charge in [0.2, 0.25) is 5.69 Å². The van der Waals surface area contributed by atoms with Crippen molar-refractivity contribution in [3.05, 3.63) is 59.8 Å². The van der Waals surface area contributed by atoms with Crippen LogP contribution >= 0.6 is 0 Å². The van der Waals surface area contributed by atoms with Gasteiger partial charge in [-0.2, -0.15) is 0 Å². The normalized spacial score (nSPS) is 11.3. The molecule has 20 heavy (non-hydrogen) atoms. The van der Waals surface area contributed by atoms with Crippen molar-refractivity contribution in [2.24, 2.45) is 5.11 Å². The third-order valence-corrected chi connectivity index (χ3v) is 2.58. The van der Waals surface area contributed by atoms with Crippen LogP contribution < -0.4 is 4.74 Å². The molecular weight excluding hydrogens is 256 g/mol. The van der Waals surface area contributed by atoms with E-state index in [0.29, 0.717) is 29.4 Å². The van der Waals surface area contributed by atoms with Crippen LogP contribution in [0.5, 0.6) is 5.75 Å². The second-order valence-corrected chi connectivity index (χ2v) is 4.04. The van der Waals surface area contributed by atoms with Gasteiger partial charge in [-0.3, -0.25) is 0 Å². The third-order valence-electron chi connectivity index (χ3n) is 2.58. The Morgan fingerprint density at radius 1 is 1.00 bits per heavy atom. The lowest BCUT2D eigenvalue weighted by Crippen LogP contribution is -2.03. The molecular formula is C15H16N2O3. The minimum absolute atomic E-state index is 0.491. The quantitative estimate of drug-likeness (QED) is 0.349. The molecule has 0 aliphatic carbocycles. The smallest absolute Gasteiger partial charge is 0.244 e. The van der Waals surface area contributed by atoms with E-state index in [-0.39, 0.29) is 0 Å². The van der Waals surface area contributed by atoms with Crippen molar-refractivity contribution in [1.82, 2.24) is 0 Å². The molecule has 0 aromatic heterocycles. The van der Waals surface area contributed by atoms with Crippen LogP contribution in [-0.2, 0) is 4.74 Å². The Morgan fingerprint density at radius 2 is 1.70 bits per heavy atom. The standard InChI is InChI=1S/C15H16N2O3/c1-19-11-12-20-15-9-7-13(8-10-15)16-17(18)14-5-3-2-4-6-14/h2-10H,11-12H2,1H3. The SMILES string of the molecule is COCCOc1ccc(N=[N+]([O-])c2ccccc2)cc1. The van der Waals surface area contributed by atoms with E-state index in [2.05, 4.69) is 5.11 Å². The molecule has 5 heteroatoms. The maximum atomic E-state index is 11.8. The lowest BCUT2D eigenvalue weighted by atomic mass is 10.3. The highest BCUT2D eigenvalue weighted by atomic mass is 16.5. The van der Waals surface area contributed by atoms with Crippen molar-refractivity contribution in [2.45, 2.75) is 0 Å². The topological polar surface area (TPSA) is 56.9 Å². The summed E-state index contributed by atoms with van der Waals surface area (Å²) in [6.07, 6.45) is 0. The average molecular weight is 272 g/mol. The van der Waals surface area contributed by atoms with Gasteiger partial charge in [0.05, 0.1) is 6.61 Å². The fraction of sp³-hybridized carbons (Fsp3) is 0.200. The molecule has 0 amide bonds. The molecule has 2 rings (SSSR count). The van der Waals surface area contributed by atoms with Gasteiger partial charge in [-0.15, -0.1) is 0 Å². The van der Waals surface area contributed by atoms with E-state index < -0.39 is 0 Å². The zero-order valence-corrected chi connectivity index (χ0v) is 11.2. The van der Waals surface area contributed by atoms with Gasteiger partial charge in [0, 0.05) is 24.4 Å². The van der Waals surface area contributed by atoms with E-state index >= 15 is 0 Å². The Kier molecular flexibility index (Phi) is 5.08. The summed E-state index contributed by atoms with van der Waals surface area (Å²) >= 11 is 0. The van der Waals surface area contributed by atoms with E-state index in [0.717, 1.165) is 5.75 Å². The van der Waals surface area contributed by atoms with Crippen molar-refractivity contribution in [2.75, 3.05) is 20.3 Å². The number of methoxy groups -OCH3 is 1. The summed E-state index contributed by atoms with van der Waals surface area (Å²) in [4.78, 5) is 0.598. The monoisotopic (exact) mass is 272 g/mol. The fourth-order valence-corrected chi connectivity index (χ4v) is 1.57. The van der Waals surface area contributed by atoms with Gasteiger partial charge < -0.3 is 14.7 Å². The molecule has 2 aromatic carbocycles. The second kappa shape index (κ2) is 7.25. The van der Waals surface area contributed by atoms with Gasteiger partial charge in [-0.05, 0) is 24.3 Å². The molecule has 0 aliphatic heterocycles. The largest absolute Gasteiger partial charge is 0.594 e. The molecule has 0 spiro atoms. The first-order valence-electron chi connectivity index (χ1n) is 6.25. The fourth-order valence-electron chi connectivity index (χ4n) is 1.57. The Bertz CT molecular complexity index is 553. The highest BCUT2D eigenvalue weighted by Crippen LogP contribution is 2.20. The van der Waals surface area contributed by atoms with E-state index in [1.165, 1.54) is 0 Å². The van der Waals surface area contributed by atoms with Gasteiger partial charge >= 0.3 is 0 Å². The summed E-state index contributed by atoms with van der Waals surface area (Å²) < 4.78 is 10.3. The number of nitrogens with zero attached hydrogens (tertiary/aromatic N) is 2. The first-order chi connectivity index (χ1) is 9.79. The molecule has 0 radical (unpaired) electrons. The number of hydrogen-bond acceptors (Lipinski definition) is 4. The number of rotatable bonds is 6. The molecule has 2 aromatic rings. The van der Waals surface area contributed by atoms with Crippen LogP contribution in [0.25, 0.3) is 0 Å². The molecule has 0 unspecified atom stereocenters. The minimum Gasteiger partial charge on any atom is -0.594 e. The van der Waals surface area contributed by atoms with Crippen LogP contribution in [0.3, 0.4) is 0 Å². The summed E-state index contributed by atoms with van der Waals surface area (Å²) in [6.45, 7) is 1.03. The third kappa shape index (κ3) is 4.07. The summed E-state index contributed by atoms with van der Waals surface area (Å²) in [7, 11) is 1.62. The zero-order valence-electron chi connectivity index (χ0n) is 11.2. The van der Waals surface area contributed by atoms with Gasteiger partial charge in [0.1, 0.15) is 18.0 Å². The predicted molar refractivity (Wildman–Crippen MR) is 75.6 cm³/mol. The van der Waals surface area contributed by atoms with E-state index in [1.54, 1.807) is 55.6 Å². The Balaban J connectivity index is 2.03. The van der Waals surface area contributed by atoms with Gasteiger partial charge in [0.15, 0.2) is 0 Å². The number of para-hydroxylation sites is 1. The van der Waals surface area contributed by atoms with Gasteiger partial charge in [-0.1, -0.05) is 23.1 Å². The Hall–Kier alpha value is -2.40. The van der Waals surface area contributed by atoms with Crippen LogP contribution in [0.1, 0.15) is 0 Å². The molecule has 0 aliphatic rings. The average Bonchev–Trinajstić information content (AvgIpc) is 2.50. The summed E-state index contributed by atoms with van der Waals surface area (Å²) in [6, 6.07) is 15.9. The van der Waals surface area contributed by atoms with E-state index in [4.69, 9.17) is 9.47 Å².